The summed E-state index contributed by atoms with van der Waals surface area (Å²) >= 11 is 0. The average molecular weight is 163 g/mol. The van der Waals surface area contributed by atoms with E-state index in [0.29, 0.717) is 5.56 Å². The topological polar surface area (TPSA) is 38.3 Å². The number of hydrogen-bond acceptors (Lipinski definition) is 3. The normalized spacial score (nSPS) is 20.8. The van der Waals surface area contributed by atoms with Gasteiger partial charge in [0.25, 0.3) is 0 Å². The molecular weight excluding hydrogens is 154 g/mol. The zero-order chi connectivity index (χ0) is 8.55. The van der Waals surface area contributed by atoms with Gasteiger partial charge in [-0.3, -0.25) is 0 Å². The molecule has 1 N–H and O–H groups in total. The van der Waals surface area contributed by atoms with Gasteiger partial charge in [0.05, 0.1) is 11.3 Å². The molecule has 3 nitrogen and oxygen atoms in total. The Labute approximate surface area is 70.3 Å². The first-order valence-electron chi connectivity index (χ1n) is 3.84. The summed E-state index contributed by atoms with van der Waals surface area (Å²) in [5, 5.41) is 3.05. The third-order valence-corrected chi connectivity index (χ3v) is 1.79. The Balaban J connectivity index is 2.47. The van der Waals surface area contributed by atoms with E-state index in [2.05, 4.69) is 5.32 Å². The van der Waals surface area contributed by atoms with Crippen LogP contribution in [-0.2, 0) is 4.74 Å². The van der Waals surface area contributed by atoms with Crippen molar-refractivity contribution in [2.45, 2.75) is 13.2 Å². The fraction of sp³-hybridized carbons (Fsp3) is 0.222. The molecule has 1 atom stereocenters. The number of anilines is 1. The van der Waals surface area contributed by atoms with Gasteiger partial charge in [0.15, 0.2) is 6.23 Å². The molecule has 0 saturated carbocycles. The van der Waals surface area contributed by atoms with E-state index >= 15 is 0 Å². The van der Waals surface area contributed by atoms with Crippen LogP contribution in [0.4, 0.5) is 5.69 Å². The van der Waals surface area contributed by atoms with Crippen LogP contribution in [0.1, 0.15) is 17.3 Å². The number of para-hydroxylation sites is 1. The van der Waals surface area contributed by atoms with Gasteiger partial charge in [0.2, 0.25) is 0 Å². The number of ether oxygens (including phenoxy) is 1. The molecule has 1 aromatic carbocycles. The number of fused-ring (bicyclic) bond motifs is 1. The largest absolute Gasteiger partial charge is 0.438 e. The van der Waals surface area contributed by atoms with Crippen molar-refractivity contribution in [2.24, 2.45) is 0 Å². The van der Waals surface area contributed by atoms with Gasteiger partial charge < -0.3 is 10.1 Å². The lowest BCUT2D eigenvalue weighted by atomic mass is 10.1. The molecule has 0 spiro atoms. The van der Waals surface area contributed by atoms with Gasteiger partial charge in [-0.05, 0) is 19.1 Å². The summed E-state index contributed by atoms with van der Waals surface area (Å²) in [4.78, 5) is 11.2. The minimum absolute atomic E-state index is 0.229. The van der Waals surface area contributed by atoms with E-state index in [1.54, 1.807) is 13.0 Å². The second-order valence-corrected chi connectivity index (χ2v) is 2.74. The Kier molecular flexibility index (Phi) is 1.50. The Hall–Kier alpha value is -1.51. The summed E-state index contributed by atoms with van der Waals surface area (Å²) in [5.74, 6) is -0.253. The van der Waals surface area contributed by atoms with E-state index < -0.39 is 0 Å². The van der Waals surface area contributed by atoms with Gasteiger partial charge >= 0.3 is 5.97 Å². The number of carbonyl (C=O) groups excluding carboxylic acids is 1. The van der Waals surface area contributed by atoms with Crippen molar-refractivity contribution >= 4 is 11.7 Å². The molecule has 1 aromatic rings. The van der Waals surface area contributed by atoms with Crippen LogP contribution in [0.5, 0.6) is 0 Å². The van der Waals surface area contributed by atoms with Crippen LogP contribution in [0.2, 0.25) is 0 Å². The van der Waals surface area contributed by atoms with Gasteiger partial charge in [0, 0.05) is 0 Å². The van der Waals surface area contributed by atoms with Gasteiger partial charge in [-0.15, -0.1) is 0 Å². The summed E-state index contributed by atoms with van der Waals surface area (Å²) < 4.78 is 4.96. The second kappa shape index (κ2) is 2.52. The maximum absolute atomic E-state index is 11.2. The van der Waals surface area contributed by atoms with E-state index in [4.69, 9.17) is 4.74 Å². The van der Waals surface area contributed by atoms with Crippen molar-refractivity contribution < 1.29 is 9.53 Å². The lowest BCUT2D eigenvalue weighted by Gasteiger charge is -2.23. The summed E-state index contributed by atoms with van der Waals surface area (Å²) in [6.45, 7) is 1.80. The Morgan fingerprint density at radius 2 is 2.17 bits per heavy atom. The molecule has 2 rings (SSSR count). The van der Waals surface area contributed by atoms with Crippen LogP contribution >= 0.6 is 0 Å². The van der Waals surface area contributed by atoms with Gasteiger partial charge in [0.1, 0.15) is 0 Å². The number of nitrogens with one attached hydrogen (secondary N) is 1. The fourth-order valence-electron chi connectivity index (χ4n) is 1.26. The monoisotopic (exact) mass is 163 g/mol. The molecule has 0 aromatic heterocycles. The highest BCUT2D eigenvalue weighted by atomic mass is 16.6. The molecule has 0 radical (unpaired) electrons. The highest BCUT2D eigenvalue weighted by Gasteiger charge is 2.21. The van der Waals surface area contributed by atoms with Crippen LogP contribution in [0.15, 0.2) is 24.3 Å². The van der Waals surface area contributed by atoms with Crippen LogP contribution in [0.25, 0.3) is 0 Å². The number of carbonyl (C=O) groups is 1. The molecule has 3 heteroatoms. The smallest absolute Gasteiger partial charge is 0.342 e. The summed E-state index contributed by atoms with van der Waals surface area (Å²) in [6.07, 6.45) is -0.229. The predicted octanol–water partition coefficient (Wildman–Crippen LogP) is 1.61. The van der Waals surface area contributed by atoms with Gasteiger partial charge in [-0.2, -0.15) is 0 Å². The number of rotatable bonds is 0. The van der Waals surface area contributed by atoms with Crippen molar-refractivity contribution in [3.8, 4) is 0 Å². The molecule has 62 valence electrons. The number of cyclic esters (lactones) is 1. The van der Waals surface area contributed by atoms with E-state index in [0.717, 1.165) is 5.69 Å². The van der Waals surface area contributed by atoms with Crippen LogP contribution < -0.4 is 5.32 Å². The van der Waals surface area contributed by atoms with E-state index in [1.165, 1.54) is 0 Å². The highest BCUT2D eigenvalue weighted by molar-refractivity contribution is 5.97. The standard InChI is InChI=1S/C9H9NO2/c1-6-10-8-5-3-2-4-7(8)9(11)12-6/h2-6,10H,1H3. The maximum atomic E-state index is 11.2. The second-order valence-electron chi connectivity index (χ2n) is 2.74. The third-order valence-electron chi connectivity index (χ3n) is 1.79. The summed E-state index contributed by atoms with van der Waals surface area (Å²) in [5.41, 5.74) is 1.46. The van der Waals surface area contributed by atoms with E-state index in [9.17, 15) is 4.79 Å². The van der Waals surface area contributed by atoms with Crippen molar-refractivity contribution in [3.05, 3.63) is 29.8 Å². The SMILES string of the molecule is CC1Nc2ccccc2C(=O)O1. The average Bonchev–Trinajstić information content (AvgIpc) is 2.04. The predicted molar refractivity (Wildman–Crippen MR) is 44.9 cm³/mol. The van der Waals surface area contributed by atoms with Crippen molar-refractivity contribution in [3.63, 3.8) is 0 Å². The fourth-order valence-corrected chi connectivity index (χ4v) is 1.26. The van der Waals surface area contributed by atoms with Crippen LogP contribution in [0.3, 0.4) is 0 Å². The minimum atomic E-state index is -0.253. The number of esters is 1. The lowest BCUT2D eigenvalue weighted by molar-refractivity contribution is 0.0370. The number of hydrogen-bond donors (Lipinski definition) is 1. The first kappa shape index (κ1) is 7.16. The zero-order valence-electron chi connectivity index (χ0n) is 6.70. The van der Waals surface area contributed by atoms with Crippen molar-refractivity contribution in [1.29, 1.82) is 0 Å². The first-order valence-corrected chi connectivity index (χ1v) is 3.84. The van der Waals surface area contributed by atoms with E-state index in [1.807, 2.05) is 18.2 Å². The van der Waals surface area contributed by atoms with Gasteiger partial charge in [-0.25, -0.2) is 4.79 Å². The van der Waals surface area contributed by atoms with Crippen molar-refractivity contribution in [2.75, 3.05) is 5.32 Å². The molecule has 0 amide bonds. The molecule has 0 saturated heterocycles. The quantitative estimate of drug-likeness (QED) is 0.590. The van der Waals surface area contributed by atoms with Crippen LogP contribution in [-0.4, -0.2) is 12.2 Å². The molecule has 0 aliphatic carbocycles. The van der Waals surface area contributed by atoms with Crippen molar-refractivity contribution in [1.82, 2.24) is 0 Å². The molecule has 0 bridgehead atoms. The lowest BCUT2D eigenvalue weighted by Crippen LogP contribution is -2.29. The van der Waals surface area contributed by atoms with E-state index in [-0.39, 0.29) is 12.2 Å². The summed E-state index contributed by atoms with van der Waals surface area (Å²) in [6, 6.07) is 7.32. The molecule has 1 aliphatic rings. The van der Waals surface area contributed by atoms with Crippen LogP contribution in [0, 0.1) is 0 Å². The molecule has 12 heavy (non-hydrogen) atoms. The zero-order valence-corrected chi connectivity index (χ0v) is 6.70. The molecule has 0 fully saturated rings. The molecule has 1 heterocycles. The molecular formula is C9H9NO2. The first-order chi connectivity index (χ1) is 5.77. The Bertz CT molecular complexity index is 322. The molecule has 1 aliphatic heterocycles. The number of benzene rings is 1. The Morgan fingerprint density at radius 1 is 1.42 bits per heavy atom. The molecule has 1 unspecified atom stereocenters. The maximum Gasteiger partial charge on any atom is 0.342 e. The Morgan fingerprint density at radius 3 is 3.00 bits per heavy atom. The van der Waals surface area contributed by atoms with Gasteiger partial charge in [-0.1, -0.05) is 12.1 Å². The third kappa shape index (κ3) is 1.03. The summed E-state index contributed by atoms with van der Waals surface area (Å²) in [7, 11) is 0. The highest BCUT2D eigenvalue weighted by Crippen LogP contribution is 2.21. The minimum Gasteiger partial charge on any atom is -0.438 e.